The Morgan fingerprint density at radius 3 is 2.43 bits per heavy atom. The molecule has 0 amide bonds. The molecule has 0 aromatic heterocycles. The van der Waals surface area contributed by atoms with Crippen molar-refractivity contribution in [2.24, 2.45) is 23.2 Å². The molecule has 5 nitrogen and oxygen atoms in total. The van der Waals surface area contributed by atoms with Gasteiger partial charge in [0, 0.05) is 5.56 Å². The molecule has 0 bridgehead atoms. The lowest BCUT2D eigenvalue weighted by molar-refractivity contribution is -0.175. The van der Waals surface area contributed by atoms with Gasteiger partial charge in [-0.1, -0.05) is 30.2 Å². The fourth-order valence-corrected chi connectivity index (χ4v) is 5.85. The van der Waals surface area contributed by atoms with Crippen LogP contribution in [0, 0.1) is 23.2 Å². The summed E-state index contributed by atoms with van der Waals surface area (Å²) < 4.78 is 10.8. The maximum atomic E-state index is 13.1. The van der Waals surface area contributed by atoms with E-state index in [2.05, 4.69) is 0 Å². The molecule has 0 saturated heterocycles. The number of para-hydroxylation sites is 1. The predicted octanol–water partition coefficient (Wildman–Crippen LogP) is 4.10. The summed E-state index contributed by atoms with van der Waals surface area (Å²) in [7, 11) is 0. The first-order chi connectivity index (χ1) is 13.6. The Balaban J connectivity index is 1.80. The Bertz CT molecular complexity index is 806. The molecule has 0 aliphatic heterocycles. The van der Waals surface area contributed by atoms with Gasteiger partial charge in [0.15, 0.2) is 5.41 Å². The van der Waals surface area contributed by atoms with Crippen LogP contribution in [-0.2, 0) is 19.1 Å². The maximum absolute atomic E-state index is 13.1. The van der Waals surface area contributed by atoms with Crippen LogP contribution in [0.5, 0.6) is 5.75 Å². The fraction of sp³-hybridized carbons (Fsp3) is 0.565. The number of ether oxygens (including phenoxy) is 2. The molecule has 0 radical (unpaired) electrons. The van der Waals surface area contributed by atoms with Crippen LogP contribution >= 0.6 is 0 Å². The van der Waals surface area contributed by atoms with E-state index >= 15 is 0 Å². The third-order valence-corrected chi connectivity index (χ3v) is 6.85. The summed E-state index contributed by atoms with van der Waals surface area (Å²) in [5.74, 6) is -0.417. The summed E-state index contributed by atoms with van der Waals surface area (Å²) in [6.07, 6.45) is 4.21. The zero-order valence-corrected chi connectivity index (χ0v) is 16.6. The number of carbonyl (C=O) groups is 2. The van der Waals surface area contributed by atoms with Crippen LogP contribution in [0.4, 0.5) is 0 Å². The summed E-state index contributed by atoms with van der Waals surface area (Å²) in [6, 6.07) is 7.36. The molecule has 3 atom stereocenters. The number of hydrogen-bond acceptors (Lipinski definition) is 5. The van der Waals surface area contributed by atoms with Crippen molar-refractivity contribution in [3.8, 4) is 5.75 Å². The minimum Gasteiger partial charge on any atom is -0.507 e. The molecular formula is C23H28O5. The Labute approximate surface area is 165 Å². The first kappa shape index (κ1) is 19.0. The van der Waals surface area contributed by atoms with Gasteiger partial charge in [-0.15, -0.1) is 0 Å². The van der Waals surface area contributed by atoms with Crippen molar-refractivity contribution < 1.29 is 24.2 Å². The normalized spacial score (nSPS) is 27.4. The Morgan fingerprint density at radius 2 is 1.79 bits per heavy atom. The summed E-state index contributed by atoms with van der Waals surface area (Å²) in [4.78, 5) is 26.3. The number of carbonyl (C=O) groups excluding carboxylic acids is 2. The summed E-state index contributed by atoms with van der Waals surface area (Å²) in [6.45, 7) is 4.03. The monoisotopic (exact) mass is 384 g/mol. The van der Waals surface area contributed by atoms with E-state index < -0.39 is 17.4 Å². The van der Waals surface area contributed by atoms with Crippen molar-refractivity contribution in [2.45, 2.75) is 46.0 Å². The minimum absolute atomic E-state index is 0.0808. The van der Waals surface area contributed by atoms with Crippen LogP contribution in [-0.4, -0.2) is 30.3 Å². The molecule has 0 unspecified atom stereocenters. The molecule has 2 saturated carbocycles. The van der Waals surface area contributed by atoms with Crippen molar-refractivity contribution >= 4 is 17.5 Å². The molecule has 1 N–H and O–H groups in total. The minimum atomic E-state index is -1.23. The van der Waals surface area contributed by atoms with Crippen molar-refractivity contribution in [1.82, 2.24) is 0 Å². The Kier molecular flexibility index (Phi) is 4.94. The Morgan fingerprint density at radius 1 is 1.11 bits per heavy atom. The fourth-order valence-electron chi connectivity index (χ4n) is 5.85. The second kappa shape index (κ2) is 7.26. The van der Waals surface area contributed by atoms with Gasteiger partial charge in [0.1, 0.15) is 5.75 Å². The SMILES string of the molecule is CCOC(=O)C1(C(=O)OCC)C[C@H]2C(c3ccccc3O)=C3CCCC[C@@H]1[C@H]32. The van der Waals surface area contributed by atoms with Crippen LogP contribution in [0.1, 0.15) is 51.5 Å². The smallest absolute Gasteiger partial charge is 0.323 e. The summed E-state index contributed by atoms with van der Waals surface area (Å²) in [5.41, 5.74) is 2.04. The number of allylic oxidation sites excluding steroid dienone is 2. The highest BCUT2D eigenvalue weighted by Gasteiger charge is 2.68. The molecule has 1 aromatic rings. The second-order valence-electron chi connectivity index (χ2n) is 8.06. The number of aromatic hydroxyl groups is 1. The highest BCUT2D eigenvalue weighted by atomic mass is 16.6. The van der Waals surface area contributed by atoms with Gasteiger partial charge in [-0.3, -0.25) is 9.59 Å². The summed E-state index contributed by atoms with van der Waals surface area (Å²) in [5, 5.41) is 10.4. The van der Waals surface area contributed by atoms with Gasteiger partial charge < -0.3 is 14.6 Å². The first-order valence-electron chi connectivity index (χ1n) is 10.4. The third-order valence-electron chi connectivity index (χ3n) is 6.85. The van der Waals surface area contributed by atoms with Gasteiger partial charge in [0.2, 0.25) is 0 Å². The number of hydrogen-bond donors (Lipinski definition) is 1. The first-order valence-corrected chi connectivity index (χ1v) is 10.4. The van der Waals surface area contributed by atoms with Crippen molar-refractivity contribution in [1.29, 1.82) is 0 Å². The van der Waals surface area contributed by atoms with Crippen molar-refractivity contribution in [3.05, 3.63) is 35.4 Å². The number of phenolic OH excluding ortho intramolecular Hbond substituents is 1. The van der Waals surface area contributed by atoms with Crippen LogP contribution in [0.25, 0.3) is 5.57 Å². The number of benzene rings is 1. The van der Waals surface area contributed by atoms with E-state index in [0.717, 1.165) is 36.8 Å². The molecule has 28 heavy (non-hydrogen) atoms. The molecule has 3 aliphatic carbocycles. The van der Waals surface area contributed by atoms with Crippen LogP contribution < -0.4 is 0 Å². The van der Waals surface area contributed by atoms with Gasteiger partial charge in [-0.2, -0.15) is 0 Å². The lowest BCUT2D eigenvalue weighted by atomic mass is 9.63. The average molecular weight is 384 g/mol. The van der Waals surface area contributed by atoms with E-state index in [1.165, 1.54) is 5.57 Å². The van der Waals surface area contributed by atoms with Gasteiger partial charge in [0.25, 0.3) is 0 Å². The van der Waals surface area contributed by atoms with E-state index in [9.17, 15) is 14.7 Å². The number of phenols is 1. The van der Waals surface area contributed by atoms with Gasteiger partial charge >= 0.3 is 11.9 Å². The van der Waals surface area contributed by atoms with E-state index in [1.807, 2.05) is 18.2 Å². The Hall–Kier alpha value is -2.30. The van der Waals surface area contributed by atoms with Crippen LogP contribution in [0.3, 0.4) is 0 Å². The average Bonchev–Trinajstić information content (AvgIpc) is 2.82. The molecule has 150 valence electrons. The lowest BCUT2D eigenvalue weighted by Crippen LogP contribution is -2.46. The molecule has 4 rings (SSSR count). The molecule has 5 heteroatoms. The summed E-state index contributed by atoms with van der Waals surface area (Å²) >= 11 is 0. The van der Waals surface area contributed by atoms with E-state index in [1.54, 1.807) is 19.9 Å². The molecular weight excluding hydrogens is 356 g/mol. The second-order valence-corrected chi connectivity index (χ2v) is 8.06. The largest absolute Gasteiger partial charge is 0.507 e. The number of rotatable bonds is 5. The third kappa shape index (κ3) is 2.59. The van der Waals surface area contributed by atoms with Gasteiger partial charge in [-0.25, -0.2) is 0 Å². The highest BCUT2D eigenvalue weighted by Crippen LogP contribution is 2.68. The van der Waals surface area contributed by atoms with Crippen molar-refractivity contribution in [3.63, 3.8) is 0 Å². The van der Waals surface area contributed by atoms with Crippen LogP contribution in [0.2, 0.25) is 0 Å². The quantitative estimate of drug-likeness (QED) is 0.611. The zero-order chi connectivity index (χ0) is 19.9. The van der Waals surface area contributed by atoms with E-state index in [4.69, 9.17) is 9.47 Å². The highest BCUT2D eigenvalue weighted by molar-refractivity contribution is 6.02. The number of esters is 2. The molecule has 0 heterocycles. The van der Waals surface area contributed by atoms with Gasteiger partial charge in [-0.05, 0) is 68.9 Å². The standard InChI is InChI=1S/C23H28O5/c1-3-27-21(25)23(22(26)28-4-2)13-16-19(14-9-6-8-12-18(14)24)15-10-5-7-11-17(23)20(15)16/h6,8-9,12,16-17,20,24H,3-5,7,10-11,13H2,1-2H3/t16-,17+,20+/m0/s1. The van der Waals surface area contributed by atoms with Crippen LogP contribution in [0.15, 0.2) is 29.8 Å². The molecule has 0 spiro atoms. The lowest BCUT2D eigenvalue weighted by Gasteiger charge is -2.40. The van der Waals surface area contributed by atoms with Gasteiger partial charge in [0.05, 0.1) is 13.2 Å². The molecule has 1 aromatic carbocycles. The van der Waals surface area contributed by atoms with E-state index in [0.29, 0.717) is 6.42 Å². The van der Waals surface area contributed by atoms with Crippen molar-refractivity contribution in [2.75, 3.05) is 13.2 Å². The topological polar surface area (TPSA) is 72.8 Å². The maximum Gasteiger partial charge on any atom is 0.323 e. The molecule has 2 fully saturated rings. The predicted molar refractivity (Wildman–Crippen MR) is 104 cm³/mol. The zero-order valence-electron chi connectivity index (χ0n) is 16.6. The van der Waals surface area contributed by atoms with E-state index in [-0.39, 0.29) is 36.7 Å². The molecule has 3 aliphatic rings.